The summed E-state index contributed by atoms with van der Waals surface area (Å²) in [6.45, 7) is 1.18. The van der Waals surface area contributed by atoms with Crippen LogP contribution in [-0.2, 0) is 31.2 Å². The Morgan fingerprint density at radius 3 is 2.93 bits per heavy atom. The summed E-state index contributed by atoms with van der Waals surface area (Å²) in [4.78, 5) is 30.7. The summed E-state index contributed by atoms with van der Waals surface area (Å²) in [5.74, 6) is 1.76. The second kappa shape index (κ2) is 8.52. The number of carbonyl (C=O) groups is 1. The summed E-state index contributed by atoms with van der Waals surface area (Å²) in [5.41, 5.74) is 2.83. The van der Waals surface area contributed by atoms with E-state index in [-0.39, 0.29) is 11.5 Å². The van der Waals surface area contributed by atoms with Crippen LogP contribution in [0.15, 0.2) is 45.8 Å². The molecule has 0 N–H and O–H groups in total. The molecule has 1 aromatic carbocycles. The smallest absolute Gasteiger partial charge is 0.250 e. The van der Waals surface area contributed by atoms with Gasteiger partial charge in [0.1, 0.15) is 5.75 Å². The van der Waals surface area contributed by atoms with Gasteiger partial charge in [0, 0.05) is 45.2 Å². The Bertz CT molecular complexity index is 1120. The Morgan fingerprint density at radius 2 is 2.10 bits per heavy atom. The van der Waals surface area contributed by atoms with Gasteiger partial charge in [-0.1, -0.05) is 17.3 Å². The van der Waals surface area contributed by atoms with Gasteiger partial charge in [0.25, 0.3) is 5.56 Å². The first-order chi connectivity index (χ1) is 14.5. The van der Waals surface area contributed by atoms with Gasteiger partial charge in [-0.2, -0.15) is 4.98 Å². The Morgan fingerprint density at radius 1 is 1.27 bits per heavy atom. The molecule has 1 aliphatic rings. The molecule has 0 saturated heterocycles. The lowest BCUT2D eigenvalue weighted by Gasteiger charge is -2.29. The standard InChI is InChI=1S/C22H24N4O4/c1-25-13-16-14-26(11-10-15(16)12-21(25)28)20(27)9-5-8-19-23-22(24-30-19)17-6-3-4-7-18(17)29-2/h3-4,6-7,12-13H,5,8-11,14H2,1-2H3. The number of methoxy groups -OCH3 is 1. The molecular weight excluding hydrogens is 384 g/mol. The zero-order valence-corrected chi connectivity index (χ0v) is 17.1. The van der Waals surface area contributed by atoms with Crippen molar-refractivity contribution in [1.29, 1.82) is 0 Å². The zero-order valence-electron chi connectivity index (χ0n) is 17.1. The van der Waals surface area contributed by atoms with E-state index >= 15 is 0 Å². The summed E-state index contributed by atoms with van der Waals surface area (Å²) in [6.07, 6.45) is 4.11. The Hall–Kier alpha value is -3.42. The SMILES string of the molecule is COc1ccccc1-c1noc(CCCC(=O)N2CCc3cc(=O)n(C)cc3C2)n1. The van der Waals surface area contributed by atoms with E-state index in [0.29, 0.717) is 56.2 Å². The van der Waals surface area contributed by atoms with E-state index in [2.05, 4.69) is 10.1 Å². The quantitative estimate of drug-likeness (QED) is 0.622. The number of rotatable bonds is 6. The molecule has 156 valence electrons. The molecule has 0 bridgehead atoms. The number of pyridine rings is 1. The van der Waals surface area contributed by atoms with Crippen LogP contribution in [0.1, 0.15) is 29.9 Å². The first-order valence-electron chi connectivity index (χ1n) is 9.97. The molecule has 2 aromatic heterocycles. The molecule has 1 aliphatic heterocycles. The Balaban J connectivity index is 1.33. The molecule has 3 heterocycles. The van der Waals surface area contributed by atoms with Crippen molar-refractivity contribution in [1.82, 2.24) is 19.6 Å². The number of ether oxygens (including phenoxy) is 1. The van der Waals surface area contributed by atoms with Gasteiger partial charge in [-0.25, -0.2) is 0 Å². The summed E-state index contributed by atoms with van der Waals surface area (Å²) < 4.78 is 12.2. The first-order valence-corrected chi connectivity index (χ1v) is 9.97. The third-order valence-corrected chi connectivity index (χ3v) is 5.37. The van der Waals surface area contributed by atoms with Crippen molar-refractivity contribution in [2.45, 2.75) is 32.2 Å². The van der Waals surface area contributed by atoms with Crippen LogP contribution in [-0.4, -0.2) is 39.2 Å². The number of hydrogen-bond donors (Lipinski definition) is 0. The largest absolute Gasteiger partial charge is 0.496 e. The fourth-order valence-electron chi connectivity index (χ4n) is 3.70. The molecule has 0 radical (unpaired) electrons. The first kappa shape index (κ1) is 19.9. The predicted octanol–water partition coefficient (Wildman–Crippen LogP) is 2.35. The summed E-state index contributed by atoms with van der Waals surface area (Å²) in [5, 5.41) is 4.03. The van der Waals surface area contributed by atoms with E-state index in [0.717, 1.165) is 16.7 Å². The maximum absolute atomic E-state index is 12.6. The minimum Gasteiger partial charge on any atom is -0.496 e. The number of hydrogen-bond acceptors (Lipinski definition) is 6. The second-order valence-electron chi connectivity index (χ2n) is 7.40. The van der Waals surface area contributed by atoms with Crippen LogP contribution in [0.25, 0.3) is 11.4 Å². The van der Waals surface area contributed by atoms with Crippen LogP contribution in [0.2, 0.25) is 0 Å². The van der Waals surface area contributed by atoms with E-state index in [1.165, 1.54) is 0 Å². The minimum atomic E-state index is -0.0134. The van der Waals surface area contributed by atoms with Crippen molar-refractivity contribution in [3.05, 3.63) is 63.9 Å². The average molecular weight is 408 g/mol. The van der Waals surface area contributed by atoms with Gasteiger partial charge in [0.15, 0.2) is 0 Å². The van der Waals surface area contributed by atoms with Gasteiger partial charge in [-0.3, -0.25) is 9.59 Å². The van der Waals surface area contributed by atoms with Crippen molar-refractivity contribution >= 4 is 5.91 Å². The summed E-state index contributed by atoms with van der Waals surface area (Å²) in [6, 6.07) is 9.17. The minimum absolute atomic E-state index is 0.0134. The molecule has 0 atom stereocenters. The molecule has 4 rings (SSSR count). The van der Waals surface area contributed by atoms with Crippen molar-refractivity contribution in [2.75, 3.05) is 13.7 Å². The van der Waals surface area contributed by atoms with Gasteiger partial charge in [0.2, 0.25) is 17.6 Å². The molecule has 3 aromatic rings. The molecule has 0 unspecified atom stereocenters. The number of aryl methyl sites for hydroxylation is 2. The van der Waals surface area contributed by atoms with Crippen LogP contribution in [0.4, 0.5) is 0 Å². The van der Waals surface area contributed by atoms with E-state index in [9.17, 15) is 9.59 Å². The molecule has 1 amide bonds. The van der Waals surface area contributed by atoms with Crippen molar-refractivity contribution in [2.24, 2.45) is 7.05 Å². The van der Waals surface area contributed by atoms with Crippen LogP contribution in [0.3, 0.4) is 0 Å². The number of benzene rings is 1. The lowest BCUT2D eigenvalue weighted by atomic mass is 10.0. The highest BCUT2D eigenvalue weighted by molar-refractivity contribution is 5.76. The van der Waals surface area contributed by atoms with Crippen LogP contribution in [0, 0.1) is 0 Å². The van der Waals surface area contributed by atoms with Crippen molar-refractivity contribution < 1.29 is 14.1 Å². The topological polar surface area (TPSA) is 90.5 Å². The molecule has 8 nitrogen and oxygen atoms in total. The molecule has 0 fully saturated rings. The van der Waals surface area contributed by atoms with E-state index in [1.54, 1.807) is 24.8 Å². The molecule has 0 spiro atoms. The zero-order chi connectivity index (χ0) is 21.1. The van der Waals surface area contributed by atoms with Gasteiger partial charge in [0.05, 0.1) is 12.7 Å². The highest BCUT2D eigenvalue weighted by Crippen LogP contribution is 2.27. The number of carbonyl (C=O) groups excluding carboxylic acids is 1. The summed E-state index contributed by atoms with van der Waals surface area (Å²) >= 11 is 0. The number of nitrogens with zero attached hydrogens (tertiary/aromatic N) is 4. The molecule has 8 heteroatoms. The lowest BCUT2D eigenvalue weighted by molar-refractivity contribution is -0.132. The fraction of sp³-hybridized carbons (Fsp3) is 0.364. The number of para-hydroxylation sites is 1. The Labute approximate surface area is 174 Å². The number of aromatic nitrogens is 3. The van der Waals surface area contributed by atoms with Crippen LogP contribution >= 0.6 is 0 Å². The van der Waals surface area contributed by atoms with Gasteiger partial charge < -0.3 is 18.7 Å². The maximum Gasteiger partial charge on any atom is 0.250 e. The number of amides is 1. The fourth-order valence-corrected chi connectivity index (χ4v) is 3.70. The van der Waals surface area contributed by atoms with Crippen LogP contribution < -0.4 is 10.3 Å². The molecular formula is C22H24N4O4. The highest BCUT2D eigenvalue weighted by Gasteiger charge is 2.21. The van der Waals surface area contributed by atoms with Crippen LogP contribution in [0.5, 0.6) is 5.75 Å². The van der Waals surface area contributed by atoms with Gasteiger partial charge in [-0.15, -0.1) is 0 Å². The highest BCUT2D eigenvalue weighted by atomic mass is 16.5. The maximum atomic E-state index is 12.6. The number of fused-ring (bicyclic) bond motifs is 1. The molecule has 0 aliphatic carbocycles. The van der Waals surface area contributed by atoms with Gasteiger partial charge in [-0.05, 0) is 36.1 Å². The Kier molecular flexibility index (Phi) is 5.65. The third kappa shape index (κ3) is 4.12. The van der Waals surface area contributed by atoms with Crippen molar-refractivity contribution in [3.63, 3.8) is 0 Å². The van der Waals surface area contributed by atoms with Crippen molar-refractivity contribution in [3.8, 4) is 17.1 Å². The monoisotopic (exact) mass is 408 g/mol. The second-order valence-corrected chi connectivity index (χ2v) is 7.40. The molecule has 30 heavy (non-hydrogen) atoms. The normalized spacial score (nSPS) is 13.2. The lowest BCUT2D eigenvalue weighted by Crippen LogP contribution is -2.37. The van der Waals surface area contributed by atoms with E-state index < -0.39 is 0 Å². The summed E-state index contributed by atoms with van der Waals surface area (Å²) in [7, 11) is 3.33. The van der Waals surface area contributed by atoms with E-state index in [4.69, 9.17) is 9.26 Å². The average Bonchev–Trinajstić information content (AvgIpc) is 3.23. The van der Waals surface area contributed by atoms with Gasteiger partial charge >= 0.3 is 0 Å². The third-order valence-electron chi connectivity index (χ3n) is 5.37. The predicted molar refractivity (Wildman–Crippen MR) is 110 cm³/mol. The molecule has 0 saturated carbocycles. The van der Waals surface area contributed by atoms with E-state index in [1.807, 2.05) is 35.4 Å².